The molecule has 1 aliphatic heterocycles. The van der Waals surface area contributed by atoms with E-state index < -0.39 is 0 Å². The second kappa shape index (κ2) is 5.95. The van der Waals surface area contributed by atoms with Gasteiger partial charge < -0.3 is 14.8 Å². The lowest BCUT2D eigenvalue weighted by atomic mass is 10.2. The lowest BCUT2D eigenvalue weighted by Gasteiger charge is -2.16. The first-order chi connectivity index (χ1) is 9.72. The van der Waals surface area contributed by atoms with Crippen LogP contribution in [0.2, 0.25) is 0 Å². The summed E-state index contributed by atoms with van der Waals surface area (Å²) in [4.78, 5) is 12.2. The summed E-state index contributed by atoms with van der Waals surface area (Å²) in [6, 6.07) is 5.48. The molecule has 2 aliphatic rings. The number of carbonyl (C=O) groups is 1. The second-order valence-corrected chi connectivity index (χ2v) is 6.89. The van der Waals surface area contributed by atoms with Crippen molar-refractivity contribution in [3.8, 4) is 11.5 Å². The largest absolute Gasteiger partial charge is 0.454 e. The number of amides is 1. The van der Waals surface area contributed by atoms with Crippen LogP contribution in [0.3, 0.4) is 0 Å². The van der Waals surface area contributed by atoms with Crippen LogP contribution in [-0.4, -0.2) is 23.2 Å². The molecule has 1 saturated carbocycles. The standard InChI is InChI=1S/C15H19NO3S/c1-10(20-12-4-2-3-5-12)15(17)16-11-6-7-13-14(8-11)19-9-18-13/h6-8,10,12H,2-5,9H2,1H3,(H,16,17)/t10-/m0/s1. The third-order valence-corrected chi connectivity index (χ3v) is 5.19. The molecule has 1 aromatic rings. The van der Waals surface area contributed by atoms with E-state index in [4.69, 9.17) is 9.47 Å². The fourth-order valence-electron chi connectivity index (χ4n) is 2.59. The molecule has 108 valence electrons. The molecule has 1 heterocycles. The van der Waals surface area contributed by atoms with Gasteiger partial charge >= 0.3 is 0 Å². The molecular formula is C15H19NO3S. The SMILES string of the molecule is C[C@H](SC1CCCC1)C(=O)Nc1ccc2c(c1)OCO2. The quantitative estimate of drug-likeness (QED) is 0.924. The van der Waals surface area contributed by atoms with E-state index in [1.165, 1.54) is 25.7 Å². The average Bonchev–Trinajstić information content (AvgIpc) is 3.08. The van der Waals surface area contributed by atoms with Gasteiger partial charge in [0.15, 0.2) is 11.5 Å². The summed E-state index contributed by atoms with van der Waals surface area (Å²) in [5.74, 6) is 1.48. The maximum Gasteiger partial charge on any atom is 0.237 e. The highest BCUT2D eigenvalue weighted by atomic mass is 32.2. The Bertz CT molecular complexity index is 500. The number of hydrogen-bond acceptors (Lipinski definition) is 4. The Morgan fingerprint density at radius 2 is 2.05 bits per heavy atom. The molecule has 1 N–H and O–H groups in total. The Morgan fingerprint density at radius 3 is 2.85 bits per heavy atom. The van der Waals surface area contributed by atoms with Crippen molar-refractivity contribution in [1.82, 2.24) is 0 Å². The van der Waals surface area contributed by atoms with Gasteiger partial charge in [-0.15, -0.1) is 11.8 Å². The molecule has 1 amide bonds. The summed E-state index contributed by atoms with van der Waals surface area (Å²) in [7, 11) is 0. The lowest BCUT2D eigenvalue weighted by Crippen LogP contribution is -2.24. The van der Waals surface area contributed by atoms with Crippen LogP contribution in [0.1, 0.15) is 32.6 Å². The van der Waals surface area contributed by atoms with E-state index in [1.54, 1.807) is 11.8 Å². The first-order valence-corrected chi connectivity index (χ1v) is 8.02. The minimum atomic E-state index is -0.0245. The molecule has 0 radical (unpaired) electrons. The molecular weight excluding hydrogens is 274 g/mol. The second-order valence-electron chi connectivity index (χ2n) is 5.24. The van der Waals surface area contributed by atoms with Crippen molar-refractivity contribution < 1.29 is 14.3 Å². The lowest BCUT2D eigenvalue weighted by molar-refractivity contribution is -0.115. The normalized spacial score (nSPS) is 19.1. The Morgan fingerprint density at radius 1 is 1.30 bits per heavy atom. The van der Waals surface area contributed by atoms with Crippen LogP contribution < -0.4 is 14.8 Å². The Labute approximate surface area is 123 Å². The third-order valence-electron chi connectivity index (χ3n) is 3.71. The van der Waals surface area contributed by atoms with Crippen molar-refractivity contribution in [2.45, 2.75) is 43.1 Å². The smallest absolute Gasteiger partial charge is 0.237 e. The number of hydrogen-bond donors (Lipinski definition) is 1. The van der Waals surface area contributed by atoms with Crippen LogP contribution in [0.25, 0.3) is 0 Å². The van der Waals surface area contributed by atoms with Crippen LogP contribution in [0, 0.1) is 0 Å². The summed E-state index contributed by atoms with van der Waals surface area (Å²) < 4.78 is 10.6. The third kappa shape index (κ3) is 3.03. The van der Waals surface area contributed by atoms with Crippen LogP contribution in [-0.2, 0) is 4.79 Å². The van der Waals surface area contributed by atoms with E-state index in [-0.39, 0.29) is 18.0 Å². The van der Waals surface area contributed by atoms with E-state index >= 15 is 0 Å². The van der Waals surface area contributed by atoms with Crippen molar-refractivity contribution >= 4 is 23.4 Å². The van der Waals surface area contributed by atoms with Gasteiger partial charge in [-0.2, -0.15) is 0 Å². The maximum atomic E-state index is 12.2. The number of anilines is 1. The maximum absolute atomic E-state index is 12.2. The summed E-state index contributed by atoms with van der Waals surface area (Å²) in [5.41, 5.74) is 0.762. The molecule has 0 saturated heterocycles. The van der Waals surface area contributed by atoms with Gasteiger partial charge in [0.25, 0.3) is 0 Å². The molecule has 1 aliphatic carbocycles. The van der Waals surface area contributed by atoms with Gasteiger partial charge in [0.1, 0.15) is 0 Å². The summed E-state index contributed by atoms with van der Waals surface area (Å²) in [6.07, 6.45) is 5.08. The van der Waals surface area contributed by atoms with Crippen LogP contribution in [0.5, 0.6) is 11.5 Å². The molecule has 0 spiro atoms. The first-order valence-electron chi connectivity index (χ1n) is 7.08. The molecule has 1 aromatic carbocycles. The van der Waals surface area contributed by atoms with Gasteiger partial charge in [0.2, 0.25) is 12.7 Å². The zero-order valence-electron chi connectivity index (χ0n) is 11.6. The van der Waals surface area contributed by atoms with Gasteiger partial charge in [0, 0.05) is 17.0 Å². The molecule has 1 fully saturated rings. The highest BCUT2D eigenvalue weighted by Gasteiger charge is 2.23. The number of fused-ring (bicyclic) bond motifs is 1. The highest BCUT2D eigenvalue weighted by Crippen LogP contribution is 2.35. The predicted molar refractivity (Wildman–Crippen MR) is 80.5 cm³/mol. The van der Waals surface area contributed by atoms with Gasteiger partial charge in [-0.05, 0) is 31.9 Å². The number of thioether (sulfide) groups is 1. The van der Waals surface area contributed by atoms with Gasteiger partial charge in [0.05, 0.1) is 5.25 Å². The zero-order chi connectivity index (χ0) is 13.9. The monoisotopic (exact) mass is 293 g/mol. The van der Waals surface area contributed by atoms with E-state index in [1.807, 2.05) is 25.1 Å². The number of ether oxygens (including phenoxy) is 2. The molecule has 20 heavy (non-hydrogen) atoms. The van der Waals surface area contributed by atoms with E-state index in [9.17, 15) is 4.79 Å². The van der Waals surface area contributed by atoms with Crippen LogP contribution in [0.15, 0.2) is 18.2 Å². The average molecular weight is 293 g/mol. The van der Waals surface area contributed by atoms with Crippen molar-refractivity contribution in [3.05, 3.63) is 18.2 Å². The van der Waals surface area contributed by atoms with Crippen molar-refractivity contribution in [2.75, 3.05) is 12.1 Å². The Hall–Kier alpha value is -1.36. The van der Waals surface area contributed by atoms with Crippen LogP contribution in [0.4, 0.5) is 5.69 Å². The molecule has 0 bridgehead atoms. The van der Waals surface area contributed by atoms with Crippen molar-refractivity contribution in [2.24, 2.45) is 0 Å². The fraction of sp³-hybridized carbons (Fsp3) is 0.533. The number of rotatable bonds is 4. The molecule has 1 atom stereocenters. The number of nitrogens with one attached hydrogen (secondary N) is 1. The van der Waals surface area contributed by atoms with Crippen LogP contribution >= 0.6 is 11.8 Å². The highest BCUT2D eigenvalue weighted by molar-refractivity contribution is 8.01. The predicted octanol–water partition coefficient (Wildman–Crippen LogP) is 3.42. The molecule has 0 unspecified atom stereocenters. The summed E-state index contributed by atoms with van der Waals surface area (Å²) >= 11 is 1.79. The summed E-state index contributed by atoms with van der Waals surface area (Å²) in [6.45, 7) is 2.23. The molecule has 4 nitrogen and oxygen atoms in total. The number of carbonyl (C=O) groups excluding carboxylic acids is 1. The van der Waals surface area contributed by atoms with E-state index in [2.05, 4.69) is 5.32 Å². The minimum Gasteiger partial charge on any atom is -0.454 e. The van der Waals surface area contributed by atoms with E-state index in [0.29, 0.717) is 11.0 Å². The molecule has 3 rings (SSSR count). The van der Waals surface area contributed by atoms with Crippen molar-refractivity contribution in [3.63, 3.8) is 0 Å². The zero-order valence-corrected chi connectivity index (χ0v) is 12.4. The van der Waals surface area contributed by atoms with Gasteiger partial charge in [-0.25, -0.2) is 0 Å². The first kappa shape index (κ1) is 13.6. The topological polar surface area (TPSA) is 47.6 Å². The fourth-order valence-corrected chi connectivity index (χ4v) is 3.96. The number of benzene rings is 1. The molecule has 0 aromatic heterocycles. The minimum absolute atomic E-state index is 0.0245. The Kier molecular flexibility index (Phi) is 4.05. The van der Waals surface area contributed by atoms with Gasteiger partial charge in [-0.3, -0.25) is 4.79 Å². The van der Waals surface area contributed by atoms with Gasteiger partial charge in [-0.1, -0.05) is 12.8 Å². The Balaban J connectivity index is 1.57. The van der Waals surface area contributed by atoms with Crippen molar-refractivity contribution in [1.29, 1.82) is 0 Å². The van der Waals surface area contributed by atoms with E-state index in [0.717, 1.165) is 11.4 Å². The molecule has 5 heteroatoms. The summed E-state index contributed by atoms with van der Waals surface area (Å²) in [5, 5.41) is 3.57.